The molecule has 0 radical (unpaired) electrons. The van der Waals surface area contributed by atoms with Gasteiger partial charge < -0.3 is 0 Å². The number of aromatic nitrogens is 3. The first kappa shape index (κ1) is 18.1. The van der Waals surface area contributed by atoms with E-state index in [-0.39, 0.29) is 13.3 Å². The highest BCUT2D eigenvalue weighted by atomic mass is 16.1. The minimum Gasteiger partial charge on any atom is -0.296 e. The van der Waals surface area contributed by atoms with E-state index in [1.165, 1.54) is 12.0 Å². The van der Waals surface area contributed by atoms with Crippen molar-refractivity contribution in [2.45, 2.75) is 52.5 Å². The summed E-state index contributed by atoms with van der Waals surface area (Å²) >= 11 is 0. The van der Waals surface area contributed by atoms with Crippen LogP contribution in [0.5, 0.6) is 0 Å². The van der Waals surface area contributed by atoms with E-state index in [0.29, 0.717) is 18.4 Å². The fourth-order valence-electron chi connectivity index (χ4n) is 3.25. The number of pyridine rings is 1. The lowest BCUT2D eigenvalue weighted by atomic mass is 9.93. The number of hydrogen-bond donors (Lipinski definition) is 1. The Morgan fingerprint density at radius 1 is 1.27 bits per heavy atom. The Morgan fingerprint density at radius 2 is 2.04 bits per heavy atom. The molecule has 1 fully saturated rings. The second-order valence-corrected chi connectivity index (χ2v) is 6.78. The Bertz CT molecular complexity index is 897. The predicted molar refractivity (Wildman–Crippen MR) is 105 cm³/mol. The second-order valence-electron chi connectivity index (χ2n) is 6.78. The van der Waals surface area contributed by atoms with Gasteiger partial charge in [0.1, 0.15) is 5.52 Å². The molecule has 0 aliphatic heterocycles. The molecule has 1 aromatic carbocycles. The van der Waals surface area contributed by atoms with Crippen molar-refractivity contribution in [1.29, 1.82) is 0 Å². The number of benzene rings is 1. The predicted octanol–water partition coefficient (Wildman–Crippen LogP) is 4.67. The molecule has 4 rings (SSSR count). The summed E-state index contributed by atoms with van der Waals surface area (Å²) in [5.41, 5.74) is 3.97. The van der Waals surface area contributed by atoms with Gasteiger partial charge in [0, 0.05) is 18.7 Å². The minimum absolute atomic E-state index is 0. The van der Waals surface area contributed by atoms with Crippen LogP contribution in [0.3, 0.4) is 0 Å². The Kier molecular flexibility index (Phi) is 5.35. The summed E-state index contributed by atoms with van der Waals surface area (Å²) in [7, 11) is 0. The van der Waals surface area contributed by atoms with E-state index in [9.17, 15) is 4.79 Å². The molecule has 1 aliphatic carbocycles. The van der Waals surface area contributed by atoms with E-state index in [1.54, 1.807) is 0 Å². The summed E-state index contributed by atoms with van der Waals surface area (Å²) in [6, 6.07) is 12.5. The molecule has 5 nitrogen and oxygen atoms in total. The number of nitrogens with zero attached hydrogens (tertiary/aromatic N) is 3. The van der Waals surface area contributed by atoms with Crippen molar-refractivity contribution in [3.63, 3.8) is 0 Å². The highest BCUT2D eigenvalue weighted by molar-refractivity contribution is 5.91. The molecule has 3 aromatic rings. The molecule has 0 atom stereocenters. The van der Waals surface area contributed by atoms with Gasteiger partial charge in [-0.3, -0.25) is 14.7 Å². The lowest BCUT2D eigenvalue weighted by Gasteiger charge is -2.28. The van der Waals surface area contributed by atoms with Gasteiger partial charge in [0.15, 0.2) is 5.65 Å². The minimum atomic E-state index is -0.00328. The van der Waals surface area contributed by atoms with Gasteiger partial charge in [-0.2, -0.15) is 0 Å². The molecule has 0 saturated heterocycles. The summed E-state index contributed by atoms with van der Waals surface area (Å²) in [6.45, 7) is 2.01. The number of imidazole rings is 1. The molecule has 1 N–H and O–H groups in total. The smallest absolute Gasteiger partial charge is 0.227 e. The van der Waals surface area contributed by atoms with Crippen molar-refractivity contribution in [3.05, 3.63) is 53.7 Å². The van der Waals surface area contributed by atoms with E-state index in [2.05, 4.69) is 19.9 Å². The third-order valence-corrected chi connectivity index (χ3v) is 4.84. The van der Waals surface area contributed by atoms with Gasteiger partial charge in [-0.15, -0.1) is 0 Å². The molecular weight excluding hydrogens is 324 g/mol. The summed E-state index contributed by atoms with van der Waals surface area (Å²) < 4.78 is 2.11. The van der Waals surface area contributed by atoms with Gasteiger partial charge in [0.2, 0.25) is 11.9 Å². The van der Waals surface area contributed by atoms with Gasteiger partial charge in [-0.1, -0.05) is 37.8 Å². The van der Waals surface area contributed by atoms with Crippen LogP contribution in [0.2, 0.25) is 0 Å². The number of amides is 1. The maximum atomic E-state index is 12.4. The molecule has 0 bridgehead atoms. The fourth-order valence-corrected chi connectivity index (χ4v) is 3.25. The zero-order valence-electron chi connectivity index (χ0n) is 14.4. The van der Waals surface area contributed by atoms with Crippen molar-refractivity contribution >= 4 is 23.0 Å². The van der Waals surface area contributed by atoms with Crippen LogP contribution in [0.4, 0.5) is 5.95 Å². The van der Waals surface area contributed by atoms with Crippen LogP contribution in [0.25, 0.3) is 11.2 Å². The Balaban J connectivity index is 0.00000196. The maximum Gasteiger partial charge on any atom is 0.227 e. The molecule has 5 heteroatoms. The number of rotatable bonds is 5. The monoisotopic (exact) mass is 350 g/mol. The van der Waals surface area contributed by atoms with Crippen LogP contribution in [-0.2, 0) is 11.2 Å². The fraction of sp³-hybridized carbons (Fsp3) is 0.381. The number of fused-ring (bicyclic) bond motifs is 1. The van der Waals surface area contributed by atoms with E-state index >= 15 is 0 Å². The molecule has 26 heavy (non-hydrogen) atoms. The molecule has 2 aromatic heterocycles. The average molecular weight is 350 g/mol. The number of carbonyl (C=O) groups is 1. The van der Waals surface area contributed by atoms with Crippen molar-refractivity contribution < 1.29 is 4.79 Å². The summed E-state index contributed by atoms with van der Waals surface area (Å²) in [6.07, 6.45) is 6.50. The third-order valence-electron chi connectivity index (χ3n) is 4.84. The van der Waals surface area contributed by atoms with Crippen LogP contribution in [-0.4, -0.2) is 20.4 Å². The van der Waals surface area contributed by atoms with Crippen LogP contribution >= 0.6 is 0 Å². The number of hydrogen-bond acceptors (Lipinski definition) is 3. The summed E-state index contributed by atoms with van der Waals surface area (Å²) in [5.74, 6) is 0.632. The normalized spacial score (nSPS) is 13.9. The second kappa shape index (κ2) is 7.68. The highest BCUT2D eigenvalue weighted by Gasteiger charge is 2.26. The molecule has 2 heterocycles. The first-order valence-corrected chi connectivity index (χ1v) is 8.89. The Hall–Kier alpha value is -2.69. The molecule has 0 spiro atoms. The van der Waals surface area contributed by atoms with Gasteiger partial charge in [-0.25, -0.2) is 9.97 Å². The quantitative estimate of drug-likeness (QED) is 0.727. The highest BCUT2D eigenvalue weighted by Crippen LogP contribution is 2.36. The number of aryl methyl sites for hydroxylation is 2. The molecule has 0 unspecified atom stereocenters. The van der Waals surface area contributed by atoms with Crippen LogP contribution in [0, 0.1) is 6.92 Å². The SMILES string of the molecule is C.Cc1cnc2c(c1)nc(NC(=O)CCc1ccccc1)n2C1CCC1. The van der Waals surface area contributed by atoms with Gasteiger partial charge >= 0.3 is 0 Å². The first-order chi connectivity index (χ1) is 12.2. The topological polar surface area (TPSA) is 59.8 Å². The zero-order valence-corrected chi connectivity index (χ0v) is 14.4. The summed E-state index contributed by atoms with van der Waals surface area (Å²) in [4.78, 5) is 21.6. The first-order valence-electron chi connectivity index (χ1n) is 8.89. The van der Waals surface area contributed by atoms with E-state index < -0.39 is 0 Å². The Morgan fingerprint density at radius 3 is 2.73 bits per heavy atom. The van der Waals surface area contributed by atoms with Crippen LogP contribution < -0.4 is 5.32 Å². The van der Waals surface area contributed by atoms with E-state index in [4.69, 9.17) is 0 Å². The van der Waals surface area contributed by atoms with Crippen molar-refractivity contribution in [1.82, 2.24) is 14.5 Å². The van der Waals surface area contributed by atoms with Gasteiger partial charge in [0.05, 0.1) is 0 Å². The maximum absolute atomic E-state index is 12.4. The van der Waals surface area contributed by atoms with E-state index in [0.717, 1.165) is 36.0 Å². The third kappa shape index (κ3) is 3.62. The van der Waals surface area contributed by atoms with Crippen molar-refractivity contribution in [3.8, 4) is 0 Å². The lowest BCUT2D eigenvalue weighted by Crippen LogP contribution is -2.22. The molecular formula is C21H26N4O. The molecule has 1 amide bonds. The van der Waals surface area contributed by atoms with Gasteiger partial charge in [0.25, 0.3) is 0 Å². The van der Waals surface area contributed by atoms with E-state index in [1.807, 2.05) is 49.5 Å². The Labute approximate surface area is 154 Å². The van der Waals surface area contributed by atoms with Crippen molar-refractivity contribution in [2.24, 2.45) is 0 Å². The molecule has 1 aliphatic rings. The average Bonchev–Trinajstić information content (AvgIpc) is 2.89. The molecule has 1 saturated carbocycles. The van der Waals surface area contributed by atoms with Gasteiger partial charge in [-0.05, 0) is 49.8 Å². The largest absolute Gasteiger partial charge is 0.296 e. The number of carbonyl (C=O) groups excluding carboxylic acids is 1. The van der Waals surface area contributed by atoms with Crippen molar-refractivity contribution in [2.75, 3.05) is 5.32 Å². The van der Waals surface area contributed by atoms with Crippen LogP contribution in [0.1, 0.15) is 50.3 Å². The standard InChI is InChI=1S/C20H22N4O.CH4/c1-14-12-17-19(21-13-14)24(16-8-5-9-16)20(22-17)23-18(25)11-10-15-6-3-2-4-7-15;/h2-4,6-7,12-13,16H,5,8-11H2,1H3,(H,22,23,25);1H4. The number of nitrogens with one attached hydrogen (secondary N) is 1. The summed E-state index contributed by atoms with van der Waals surface area (Å²) in [5, 5.41) is 3.01. The molecule has 136 valence electrons. The number of anilines is 1. The zero-order chi connectivity index (χ0) is 17.2. The van der Waals surface area contributed by atoms with Crippen LogP contribution in [0.15, 0.2) is 42.6 Å². The lowest BCUT2D eigenvalue weighted by molar-refractivity contribution is -0.116.